The molecular weight excluding hydrogens is 335 g/mol. The molecule has 0 radical (unpaired) electrons. The summed E-state index contributed by atoms with van der Waals surface area (Å²) in [5.41, 5.74) is 2.51. The lowest BCUT2D eigenvalue weighted by Crippen LogP contribution is -2.29. The average Bonchev–Trinajstić information content (AvgIpc) is 2.94. The molecule has 2 N–H and O–H groups in total. The molecule has 0 saturated carbocycles. The van der Waals surface area contributed by atoms with Crippen molar-refractivity contribution in [2.24, 2.45) is 0 Å². The lowest BCUT2D eigenvalue weighted by Gasteiger charge is -2.09. The van der Waals surface area contributed by atoms with Crippen LogP contribution in [0.2, 0.25) is 0 Å². The lowest BCUT2D eigenvalue weighted by molar-refractivity contribution is -0.120. The van der Waals surface area contributed by atoms with Crippen LogP contribution >= 0.6 is 0 Å². The molecule has 0 aliphatic heterocycles. The Hall–Kier alpha value is -3.02. The first-order valence-electron chi connectivity index (χ1n) is 8.37. The van der Waals surface area contributed by atoms with E-state index in [1.807, 2.05) is 25.1 Å². The molecule has 1 heterocycles. The molecule has 26 heavy (non-hydrogen) atoms. The lowest BCUT2D eigenvalue weighted by atomic mass is 10.1. The van der Waals surface area contributed by atoms with Gasteiger partial charge in [-0.15, -0.1) is 0 Å². The first-order chi connectivity index (χ1) is 12.6. The van der Waals surface area contributed by atoms with E-state index in [9.17, 15) is 9.18 Å². The monoisotopic (exact) mass is 356 g/mol. The molecule has 1 amide bonds. The van der Waals surface area contributed by atoms with Crippen molar-refractivity contribution < 1.29 is 18.7 Å². The van der Waals surface area contributed by atoms with Crippen molar-refractivity contribution in [1.82, 2.24) is 10.3 Å². The molecule has 0 unspecified atom stereocenters. The molecule has 0 bridgehead atoms. The number of aromatic nitrogens is 1. The number of H-pyrrole nitrogens is 1. The number of methoxy groups -OCH3 is 1. The number of fused-ring (bicyclic) bond motifs is 1. The van der Waals surface area contributed by atoms with Crippen LogP contribution in [-0.4, -0.2) is 31.2 Å². The van der Waals surface area contributed by atoms with Crippen molar-refractivity contribution in [3.63, 3.8) is 0 Å². The Bertz CT molecular complexity index is 921. The van der Waals surface area contributed by atoms with E-state index in [2.05, 4.69) is 10.3 Å². The summed E-state index contributed by atoms with van der Waals surface area (Å²) in [7, 11) is 1.60. The van der Waals surface area contributed by atoms with Gasteiger partial charge in [-0.2, -0.15) is 0 Å². The highest BCUT2D eigenvalue weighted by Crippen LogP contribution is 2.23. The van der Waals surface area contributed by atoms with Gasteiger partial charge in [0.05, 0.1) is 20.1 Å². The normalized spacial score (nSPS) is 10.7. The number of aromatic amines is 1. The van der Waals surface area contributed by atoms with Gasteiger partial charge < -0.3 is 19.8 Å². The summed E-state index contributed by atoms with van der Waals surface area (Å²) < 4.78 is 24.2. The van der Waals surface area contributed by atoms with Gasteiger partial charge >= 0.3 is 0 Å². The number of rotatable bonds is 7. The summed E-state index contributed by atoms with van der Waals surface area (Å²) in [4.78, 5) is 15.4. The van der Waals surface area contributed by atoms with Gasteiger partial charge in [-0.25, -0.2) is 4.39 Å². The van der Waals surface area contributed by atoms with Crippen LogP contribution in [0.25, 0.3) is 10.9 Å². The molecule has 0 saturated heterocycles. The van der Waals surface area contributed by atoms with Crippen LogP contribution in [0.5, 0.6) is 11.5 Å². The minimum Gasteiger partial charge on any atom is -0.497 e. The van der Waals surface area contributed by atoms with E-state index in [1.54, 1.807) is 19.2 Å². The van der Waals surface area contributed by atoms with Crippen molar-refractivity contribution in [1.29, 1.82) is 0 Å². The van der Waals surface area contributed by atoms with E-state index in [-0.39, 0.29) is 18.1 Å². The van der Waals surface area contributed by atoms with Gasteiger partial charge in [0, 0.05) is 22.7 Å². The van der Waals surface area contributed by atoms with Crippen LogP contribution in [0, 0.1) is 12.7 Å². The summed E-state index contributed by atoms with van der Waals surface area (Å²) in [5.74, 6) is 0.951. The quantitative estimate of drug-likeness (QED) is 0.638. The molecule has 0 aliphatic rings. The highest BCUT2D eigenvalue weighted by Gasteiger charge is 2.13. The highest BCUT2D eigenvalue weighted by atomic mass is 19.1. The fourth-order valence-corrected chi connectivity index (χ4v) is 2.86. The molecule has 0 atom stereocenters. The Labute approximate surface area is 151 Å². The van der Waals surface area contributed by atoms with E-state index in [0.717, 1.165) is 22.2 Å². The third kappa shape index (κ3) is 4.14. The standard InChI is InChI=1S/C20H21FN2O3/c1-13-17(18-10-14(21)6-7-19(18)23-13)12-20(24)22-8-9-26-16-5-3-4-15(11-16)25-2/h3-7,10-11,23H,8-9,12H2,1-2H3,(H,22,24). The molecule has 3 aromatic rings. The maximum Gasteiger partial charge on any atom is 0.224 e. The molecule has 0 fully saturated rings. The number of halogens is 1. The Morgan fingerprint density at radius 3 is 2.81 bits per heavy atom. The maximum absolute atomic E-state index is 13.5. The smallest absolute Gasteiger partial charge is 0.224 e. The molecule has 6 heteroatoms. The molecule has 1 aromatic heterocycles. The minimum atomic E-state index is -0.315. The number of hydrogen-bond donors (Lipinski definition) is 2. The number of aryl methyl sites for hydroxylation is 1. The second kappa shape index (κ2) is 7.91. The zero-order chi connectivity index (χ0) is 18.5. The number of carbonyl (C=O) groups excluding carboxylic acids is 1. The minimum absolute atomic E-state index is 0.132. The van der Waals surface area contributed by atoms with Crippen molar-refractivity contribution in [2.75, 3.05) is 20.3 Å². The second-order valence-corrected chi connectivity index (χ2v) is 5.97. The third-order valence-electron chi connectivity index (χ3n) is 4.15. The molecule has 3 rings (SSSR count). The van der Waals surface area contributed by atoms with Crippen molar-refractivity contribution in [3.05, 3.63) is 59.5 Å². The third-order valence-corrected chi connectivity index (χ3v) is 4.15. The SMILES string of the molecule is COc1cccc(OCCNC(=O)Cc2c(C)[nH]c3ccc(F)cc23)c1. The average molecular weight is 356 g/mol. The van der Waals surface area contributed by atoms with Gasteiger partial charge in [0.2, 0.25) is 5.91 Å². The molecule has 136 valence electrons. The predicted molar refractivity (Wildman–Crippen MR) is 98.2 cm³/mol. The van der Waals surface area contributed by atoms with Gasteiger partial charge in [0.1, 0.15) is 23.9 Å². The Morgan fingerprint density at radius 1 is 1.19 bits per heavy atom. The number of ether oxygens (including phenoxy) is 2. The van der Waals surface area contributed by atoms with Crippen molar-refractivity contribution in [2.45, 2.75) is 13.3 Å². The van der Waals surface area contributed by atoms with Crippen LogP contribution < -0.4 is 14.8 Å². The van der Waals surface area contributed by atoms with E-state index >= 15 is 0 Å². The van der Waals surface area contributed by atoms with Crippen LogP contribution in [0.1, 0.15) is 11.3 Å². The molecule has 5 nitrogen and oxygen atoms in total. The molecular formula is C20H21FN2O3. The van der Waals surface area contributed by atoms with E-state index in [4.69, 9.17) is 9.47 Å². The van der Waals surface area contributed by atoms with Gasteiger partial charge in [-0.3, -0.25) is 4.79 Å². The van der Waals surface area contributed by atoms with Crippen LogP contribution in [0.15, 0.2) is 42.5 Å². The Kier molecular flexibility index (Phi) is 5.41. The summed E-state index contributed by atoms with van der Waals surface area (Å²) >= 11 is 0. The number of benzene rings is 2. The van der Waals surface area contributed by atoms with Crippen LogP contribution in [-0.2, 0) is 11.2 Å². The summed E-state index contributed by atoms with van der Waals surface area (Å²) in [6.07, 6.45) is 0.189. The fraction of sp³-hybridized carbons (Fsp3) is 0.250. The van der Waals surface area contributed by atoms with Gasteiger partial charge in [-0.05, 0) is 42.8 Å². The molecule has 0 aliphatic carbocycles. The van der Waals surface area contributed by atoms with Gasteiger partial charge in [-0.1, -0.05) is 6.07 Å². The first-order valence-corrected chi connectivity index (χ1v) is 8.37. The van der Waals surface area contributed by atoms with Crippen LogP contribution in [0.4, 0.5) is 4.39 Å². The summed E-state index contributed by atoms with van der Waals surface area (Å²) in [6, 6.07) is 11.8. The van der Waals surface area contributed by atoms with Gasteiger partial charge in [0.15, 0.2) is 0 Å². The van der Waals surface area contributed by atoms with Crippen molar-refractivity contribution in [3.8, 4) is 11.5 Å². The van der Waals surface area contributed by atoms with Crippen molar-refractivity contribution >= 4 is 16.8 Å². The van der Waals surface area contributed by atoms with E-state index in [1.165, 1.54) is 12.1 Å². The largest absolute Gasteiger partial charge is 0.497 e. The molecule has 0 spiro atoms. The molecule has 2 aromatic carbocycles. The Balaban J connectivity index is 1.53. The number of nitrogens with one attached hydrogen (secondary N) is 2. The number of amides is 1. The van der Waals surface area contributed by atoms with Crippen LogP contribution in [0.3, 0.4) is 0 Å². The fourth-order valence-electron chi connectivity index (χ4n) is 2.86. The van der Waals surface area contributed by atoms with E-state index < -0.39 is 0 Å². The maximum atomic E-state index is 13.5. The highest BCUT2D eigenvalue weighted by molar-refractivity contribution is 5.90. The topological polar surface area (TPSA) is 63.4 Å². The second-order valence-electron chi connectivity index (χ2n) is 5.97. The number of hydrogen-bond acceptors (Lipinski definition) is 3. The Morgan fingerprint density at radius 2 is 2.00 bits per heavy atom. The van der Waals surface area contributed by atoms with Gasteiger partial charge in [0.25, 0.3) is 0 Å². The summed E-state index contributed by atoms with van der Waals surface area (Å²) in [5, 5.41) is 3.56. The first kappa shape index (κ1) is 17.8. The van der Waals surface area contributed by atoms with E-state index in [0.29, 0.717) is 24.7 Å². The zero-order valence-electron chi connectivity index (χ0n) is 14.8. The predicted octanol–water partition coefficient (Wildman–Crippen LogP) is 3.36. The zero-order valence-corrected chi connectivity index (χ0v) is 14.8. The number of carbonyl (C=O) groups is 1. The summed E-state index contributed by atoms with van der Waals surface area (Å²) in [6.45, 7) is 2.61.